The molecule has 0 bridgehead atoms. The van der Waals surface area contributed by atoms with E-state index in [2.05, 4.69) is 77.8 Å². The maximum atomic E-state index is 10.9. The summed E-state index contributed by atoms with van der Waals surface area (Å²) in [5.74, 6) is 6.89. The third kappa shape index (κ3) is 4.14. The zero-order chi connectivity index (χ0) is 22.6. The van der Waals surface area contributed by atoms with Crippen LogP contribution in [0.2, 0.25) is 18.1 Å². The van der Waals surface area contributed by atoms with Gasteiger partial charge in [0, 0.05) is 18.3 Å². The van der Waals surface area contributed by atoms with Crippen LogP contribution in [0.5, 0.6) is 0 Å². The minimum atomic E-state index is -2.03. The third-order valence-electron chi connectivity index (χ3n) is 8.06. The van der Waals surface area contributed by atoms with Crippen LogP contribution in [0.15, 0.2) is 18.2 Å². The normalized spacial score (nSPS) is 30.5. The first-order chi connectivity index (χ1) is 14.4. The SMILES string of the molecule is Cc1ccc(C(C#CC2CC3C(CC34OCCO4)C2O)O[Si](C)(C)C(C)(C)C)c(C)c1. The van der Waals surface area contributed by atoms with Gasteiger partial charge in [0.15, 0.2) is 14.1 Å². The molecule has 2 aliphatic carbocycles. The Balaban J connectivity index is 1.59. The van der Waals surface area contributed by atoms with E-state index in [4.69, 9.17) is 13.9 Å². The van der Waals surface area contributed by atoms with Crippen molar-refractivity contribution in [1.29, 1.82) is 0 Å². The Kier molecular flexibility index (Phi) is 5.94. The lowest BCUT2D eigenvalue weighted by atomic mass is 9.69. The van der Waals surface area contributed by atoms with Gasteiger partial charge in [-0.05, 0) is 55.4 Å². The molecule has 0 aromatic heterocycles. The predicted octanol–water partition coefficient (Wildman–Crippen LogP) is 5.13. The summed E-state index contributed by atoms with van der Waals surface area (Å²) >= 11 is 0. The molecule has 1 heterocycles. The first kappa shape index (κ1) is 23.0. The van der Waals surface area contributed by atoms with Crippen LogP contribution in [0, 0.1) is 43.4 Å². The minimum absolute atomic E-state index is 0.0570. The van der Waals surface area contributed by atoms with Crippen molar-refractivity contribution < 1.29 is 19.0 Å². The lowest BCUT2D eigenvalue weighted by Crippen LogP contribution is -2.54. The van der Waals surface area contributed by atoms with Gasteiger partial charge < -0.3 is 19.0 Å². The van der Waals surface area contributed by atoms with Crippen LogP contribution in [-0.2, 0) is 13.9 Å². The van der Waals surface area contributed by atoms with E-state index in [9.17, 15) is 5.11 Å². The van der Waals surface area contributed by atoms with E-state index in [0.29, 0.717) is 13.2 Å². The molecule has 0 radical (unpaired) electrons. The van der Waals surface area contributed by atoms with E-state index in [1.54, 1.807) is 0 Å². The van der Waals surface area contributed by atoms with Crippen LogP contribution < -0.4 is 0 Å². The number of aryl methyl sites for hydroxylation is 2. The molecule has 4 nitrogen and oxygen atoms in total. The summed E-state index contributed by atoms with van der Waals surface area (Å²) in [6, 6.07) is 6.48. The van der Waals surface area contributed by atoms with Crippen molar-refractivity contribution in [3.8, 4) is 11.8 Å². The molecule has 5 atom stereocenters. The maximum absolute atomic E-state index is 10.9. The van der Waals surface area contributed by atoms with E-state index < -0.39 is 20.2 Å². The van der Waals surface area contributed by atoms with Gasteiger partial charge in [-0.25, -0.2) is 0 Å². The van der Waals surface area contributed by atoms with Crippen LogP contribution >= 0.6 is 0 Å². The maximum Gasteiger partial charge on any atom is 0.194 e. The summed E-state index contributed by atoms with van der Waals surface area (Å²) in [5, 5.41) is 11.0. The van der Waals surface area contributed by atoms with E-state index in [0.717, 1.165) is 18.4 Å². The third-order valence-corrected chi connectivity index (χ3v) is 12.5. The molecular formula is C26H38O4Si. The minimum Gasteiger partial charge on any atom is -0.399 e. The Morgan fingerprint density at radius 1 is 1.19 bits per heavy atom. The zero-order valence-electron chi connectivity index (χ0n) is 20.1. The Hall–Kier alpha value is -1.16. The zero-order valence-corrected chi connectivity index (χ0v) is 21.1. The fourth-order valence-electron chi connectivity index (χ4n) is 5.10. The second-order valence-corrected chi connectivity index (χ2v) is 16.0. The summed E-state index contributed by atoms with van der Waals surface area (Å²) in [5.41, 5.74) is 3.58. The second kappa shape index (κ2) is 8.00. The van der Waals surface area contributed by atoms with E-state index >= 15 is 0 Å². The Labute approximate surface area is 188 Å². The number of aliphatic hydroxyl groups excluding tert-OH is 1. The van der Waals surface area contributed by atoms with E-state index in [1.807, 2.05) is 0 Å². The van der Waals surface area contributed by atoms with Crippen LogP contribution in [-0.4, -0.2) is 38.5 Å². The van der Waals surface area contributed by atoms with Gasteiger partial charge in [-0.15, -0.1) is 0 Å². The molecule has 1 saturated heterocycles. The largest absolute Gasteiger partial charge is 0.399 e. The highest BCUT2D eigenvalue weighted by atomic mass is 28.4. The molecule has 4 rings (SSSR count). The molecule has 1 aromatic rings. The smallest absolute Gasteiger partial charge is 0.194 e. The molecular weight excluding hydrogens is 404 g/mol. The quantitative estimate of drug-likeness (QED) is 0.521. The average molecular weight is 443 g/mol. The number of benzene rings is 1. The number of rotatable bonds is 3. The second-order valence-electron chi connectivity index (χ2n) is 11.2. The molecule has 2 saturated carbocycles. The molecule has 5 heteroatoms. The summed E-state index contributed by atoms with van der Waals surface area (Å²) < 4.78 is 18.6. The number of aliphatic hydroxyl groups is 1. The van der Waals surface area contributed by atoms with Crippen LogP contribution in [0.3, 0.4) is 0 Å². The van der Waals surface area contributed by atoms with E-state index in [1.165, 1.54) is 11.1 Å². The van der Waals surface area contributed by atoms with Crippen molar-refractivity contribution in [2.45, 2.75) is 83.6 Å². The molecule has 1 N–H and O–H groups in total. The number of fused-ring (bicyclic) bond motifs is 2. The first-order valence-electron chi connectivity index (χ1n) is 11.7. The van der Waals surface area contributed by atoms with Crippen molar-refractivity contribution in [2.75, 3.05) is 13.2 Å². The monoisotopic (exact) mass is 442 g/mol. The van der Waals surface area contributed by atoms with E-state index in [-0.39, 0.29) is 28.9 Å². The standard InChI is InChI=1S/C26H38O4Si/c1-17-8-10-20(18(2)14-17)23(30-31(6,7)25(3,4)5)11-9-19-15-22-21(24(19)27)16-26(22)28-12-13-29-26/h8,10,14,19,21-24,27H,12-13,15-16H2,1-7H3. The topological polar surface area (TPSA) is 47.9 Å². The molecule has 31 heavy (non-hydrogen) atoms. The van der Waals surface area contributed by atoms with Crippen molar-refractivity contribution in [3.05, 3.63) is 34.9 Å². The summed E-state index contributed by atoms with van der Waals surface area (Å²) in [6.07, 6.45) is 0.930. The molecule has 5 unspecified atom stereocenters. The lowest BCUT2D eigenvalue weighted by Gasteiger charge is -2.48. The molecule has 0 amide bonds. The van der Waals surface area contributed by atoms with Crippen LogP contribution in [0.1, 0.15) is 56.4 Å². The Morgan fingerprint density at radius 2 is 1.87 bits per heavy atom. The number of hydrogen-bond acceptors (Lipinski definition) is 4. The number of ether oxygens (including phenoxy) is 2. The average Bonchev–Trinajstić information content (AvgIpc) is 3.24. The van der Waals surface area contributed by atoms with Gasteiger partial charge in [-0.1, -0.05) is 56.4 Å². The highest BCUT2D eigenvalue weighted by Crippen LogP contribution is 2.59. The van der Waals surface area contributed by atoms with Gasteiger partial charge in [0.1, 0.15) is 6.10 Å². The first-order valence-corrected chi connectivity index (χ1v) is 14.6. The van der Waals surface area contributed by atoms with Gasteiger partial charge in [0.25, 0.3) is 0 Å². The molecule has 3 aliphatic rings. The summed E-state index contributed by atoms with van der Waals surface area (Å²) in [7, 11) is -2.03. The van der Waals surface area contributed by atoms with Crippen LogP contribution in [0.4, 0.5) is 0 Å². The Morgan fingerprint density at radius 3 is 2.48 bits per heavy atom. The van der Waals surface area contributed by atoms with Crippen molar-refractivity contribution in [3.63, 3.8) is 0 Å². The molecule has 1 aliphatic heterocycles. The van der Waals surface area contributed by atoms with Gasteiger partial charge in [-0.3, -0.25) is 0 Å². The molecule has 1 spiro atoms. The van der Waals surface area contributed by atoms with Gasteiger partial charge in [0.2, 0.25) is 0 Å². The van der Waals surface area contributed by atoms with Gasteiger partial charge >= 0.3 is 0 Å². The molecule has 3 fully saturated rings. The molecule has 1 aromatic carbocycles. The lowest BCUT2D eigenvalue weighted by molar-refractivity contribution is -0.275. The van der Waals surface area contributed by atoms with Gasteiger partial charge in [-0.2, -0.15) is 0 Å². The van der Waals surface area contributed by atoms with Crippen molar-refractivity contribution >= 4 is 8.32 Å². The highest BCUT2D eigenvalue weighted by Gasteiger charge is 2.64. The van der Waals surface area contributed by atoms with Crippen molar-refractivity contribution in [1.82, 2.24) is 0 Å². The van der Waals surface area contributed by atoms with Crippen molar-refractivity contribution in [2.24, 2.45) is 17.8 Å². The summed E-state index contributed by atoms with van der Waals surface area (Å²) in [6.45, 7) is 16.9. The van der Waals surface area contributed by atoms with Gasteiger partial charge in [0.05, 0.1) is 19.3 Å². The highest BCUT2D eigenvalue weighted by molar-refractivity contribution is 6.74. The summed E-state index contributed by atoms with van der Waals surface area (Å²) in [4.78, 5) is 0. The fourth-order valence-corrected chi connectivity index (χ4v) is 6.23. The number of hydrogen-bond donors (Lipinski definition) is 1. The fraction of sp³-hybridized carbons (Fsp3) is 0.692. The Bertz CT molecular complexity index is 885. The van der Waals surface area contributed by atoms with Crippen LogP contribution in [0.25, 0.3) is 0 Å². The predicted molar refractivity (Wildman–Crippen MR) is 125 cm³/mol. The molecule has 170 valence electrons.